The van der Waals surface area contributed by atoms with Gasteiger partial charge < -0.3 is 5.32 Å². The molecule has 1 aliphatic heterocycles. The Balaban J connectivity index is 1.74. The van der Waals surface area contributed by atoms with Crippen molar-refractivity contribution in [2.45, 2.75) is 38.3 Å². The van der Waals surface area contributed by atoms with Crippen LogP contribution in [0.2, 0.25) is 0 Å². The van der Waals surface area contributed by atoms with Gasteiger partial charge in [-0.05, 0) is 54.2 Å². The smallest absolute Gasteiger partial charge is 0.252 e. The standard InChI is InChI=1S/C36H32N2O2/c1-36(2,3)37-35(40)34-28-22-14-13-21-27(28)33-32(29(23-30(39)38(33)34)24-15-7-4-8-16-24)31(25-17-9-5-10-18-25)26-19-11-6-12-20-26/h4-23,31,34H,1-3H3,(H,37,40). The minimum Gasteiger partial charge on any atom is -0.349 e. The molecule has 0 fully saturated rings. The number of amides is 1. The van der Waals surface area contributed by atoms with E-state index in [-0.39, 0.29) is 17.4 Å². The molecule has 4 nitrogen and oxygen atoms in total. The van der Waals surface area contributed by atoms with Crippen molar-refractivity contribution in [2.75, 3.05) is 0 Å². The van der Waals surface area contributed by atoms with Gasteiger partial charge in [-0.2, -0.15) is 0 Å². The molecule has 0 aliphatic carbocycles. The number of fused-ring (bicyclic) bond motifs is 3. The van der Waals surface area contributed by atoms with Crippen LogP contribution in [0.25, 0.3) is 22.4 Å². The van der Waals surface area contributed by atoms with Crippen LogP contribution in [0.3, 0.4) is 0 Å². The Morgan fingerprint density at radius 3 is 1.82 bits per heavy atom. The molecule has 4 aromatic carbocycles. The Kier molecular flexibility index (Phi) is 6.47. The second-order valence-corrected chi connectivity index (χ2v) is 11.4. The van der Waals surface area contributed by atoms with E-state index in [1.165, 1.54) is 0 Å². The highest BCUT2D eigenvalue weighted by atomic mass is 16.2. The molecule has 198 valence electrons. The lowest BCUT2D eigenvalue weighted by Crippen LogP contribution is -2.45. The monoisotopic (exact) mass is 524 g/mol. The van der Waals surface area contributed by atoms with Gasteiger partial charge in [-0.1, -0.05) is 115 Å². The molecule has 0 spiro atoms. The third-order valence-corrected chi connectivity index (χ3v) is 7.45. The maximum Gasteiger partial charge on any atom is 0.252 e. The van der Waals surface area contributed by atoms with E-state index in [0.29, 0.717) is 0 Å². The SMILES string of the molecule is CC(C)(C)NC(=O)C1c2ccccc2-c2c(C(c3ccccc3)c3ccccc3)c(-c3ccccc3)cc(=O)n21. The lowest BCUT2D eigenvalue weighted by molar-refractivity contribution is -0.124. The van der Waals surface area contributed by atoms with Crippen molar-refractivity contribution in [2.24, 2.45) is 0 Å². The molecular weight excluding hydrogens is 492 g/mol. The van der Waals surface area contributed by atoms with Gasteiger partial charge in [0.05, 0.1) is 5.69 Å². The summed E-state index contributed by atoms with van der Waals surface area (Å²) in [5, 5.41) is 3.13. The van der Waals surface area contributed by atoms with Crippen molar-refractivity contribution in [3.05, 3.63) is 154 Å². The summed E-state index contributed by atoms with van der Waals surface area (Å²) in [6.45, 7) is 5.88. The van der Waals surface area contributed by atoms with E-state index in [9.17, 15) is 9.59 Å². The van der Waals surface area contributed by atoms with Crippen molar-refractivity contribution in [1.82, 2.24) is 9.88 Å². The molecule has 1 unspecified atom stereocenters. The minimum absolute atomic E-state index is 0.170. The van der Waals surface area contributed by atoms with Crippen LogP contribution < -0.4 is 10.9 Å². The molecule has 1 aromatic heterocycles. The van der Waals surface area contributed by atoms with Gasteiger partial charge in [0.15, 0.2) is 0 Å². The maximum atomic E-state index is 14.1. The highest BCUT2D eigenvalue weighted by Crippen LogP contribution is 2.48. The molecule has 2 heterocycles. The first kappa shape index (κ1) is 25.6. The van der Waals surface area contributed by atoms with Crippen LogP contribution in [-0.4, -0.2) is 16.0 Å². The van der Waals surface area contributed by atoms with Gasteiger partial charge in [0.25, 0.3) is 5.56 Å². The molecule has 1 aliphatic rings. The summed E-state index contributed by atoms with van der Waals surface area (Å²) < 4.78 is 1.71. The summed E-state index contributed by atoms with van der Waals surface area (Å²) in [4.78, 5) is 27.9. The van der Waals surface area contributed by atoms with Gasteiger partial charge in [-0.3, -0.25) is 14.2 Å². The average molecular weight is 525 g/mol. The number of rotatable bonds is 5. The molecule has 5 aromatic rings. The summed E-state index contributed by atoms with van der Waals surface area (Å²) >= 11 is 0. The number of aromatic nitrogens is 1. The Bertz CT molecular complexity index is 1690. The zero-order chi connectivity index (χ0) is 27.9. The summed E-state index contributed by atoms with van der Waals surface area (Å²) in [5.74, 6) is -0.355. The summed E-state index contributed by atoms with van der Waals surface area (Å²) in [6, 6.07) is 39.8. The van der Waals surface area contributed by atoms with Crippen LogP contribution in [0.5, 0.6) is 0 Å². The fourth-order valence-electron chi connectivity index (χ4n) is 5.92. The Hall–Kier alpha value is -4.70. The molecule has 1 atom stereocenters. The second-order valence-electron chi connectivity index (χ2n) is 11.4. The van der Waals surface area contributed by atoms with Gasteiger partial charge in [-0.25, -0.2) is 0 Å². The molecule has 1 amide bonds. The van der Waals surface area contributed by atoms with Crippen molar-refractivity contribution >= 4 is 5.91 Å². The van der Waals surface area contributed by atoms with Crippen LogP contribution in [0.4, 0.5) is 0 Å². The maximum absolute atomic E-state index is 14.1. The van der Waals surface area contributed by atoms with Gasteiger partial charge >= 0.3 is 0 Å². The molecule has 0 bridgehead atoms. The fourth-order valence-corrected chi connectivity index (χ4v) is 5.92. The topological polar surface area (TPSA) is 51.1 Å². The van der Waals surface area contributed by atoms with Crippen molar-refractivity contribution < 1.29 is 4.79 Å². The van der Waals surface area contributed by atoms with Crippen LogP contribution in [0.1, 0.15) is 55.0 Å². The van der Waals surface area contributed by atoms with Crippen LogP contribution in [-0.2, 0) is 4.79 Å². The number of benzene rings is 4. The molecule has 6 rings (SSSR count). The lowest BCUT2D eigenvalue weighted by Gasteiger charge is -2.27. The van der Waals surface area contributed by atoms with E-state index in [4.69, 9.17) is 0 Å². The molecule has 0 saturated heterocycles. The number of pyridine rings is 1. The Morgan fingerprint density at radius 2 is 1.25 bits per heavy atom. The quantitative estimate of drug-likeness (QED) is 0.265. The van der Waals surface area contributed by atoms with Crippen molar-refractivity contribution in [3.63, 3.8) is 0 Å². The van der Waals surface area contributed by atoms with E-state index < -0.39 is 11.6 Å². The van der Waals surface area contributed by atoms with Crippen molar-refractivity contribution in [3.8, 4) is 22.4 Å². The van der Waals surface area contributed by atoms with Crippen LogP contribution >= 0.6 is 0 Å². The number of nitrogens with one attached hydrogen (secondary N) is 1. The zero-order valence-electron chi connectivity index (χ0n) is 23.0. The van der Waals surface area contributed by atoms with E-state index in [1.54, 1.807) is 10.6 Å². The van der Waals surface area contributed by atoms with Gasteiger partial charge in [0.1, 0.15) is 6.04 Å². The highest BCUT2D eigenvalue weighted by molar-refractivity contribution is 5.92. The van der Waals surface area contributed by atoms with E-state index >= 15 is 0 Å². The summed E-state index contributed by atoms with van der Waals surface area (Å²) in [6.07, 6.45) is 0. The minimum atomic E-state index is -0.756. The lowest BCUT2D eigenvalue weighted by atomic mass is 9.79. The first-order chi connectivity index (χ1) is 19.3. The second kappa shape index (κ2) is 10.1. The van der Waals surface area contributed by atoms with E-state index in [0.717, 1.165) is 44.6 Å². The summed E-state index contributed by atoms with van der Waals surface area (Å²) in [5.41, 5.74) is 7.02. The number of nitrogens with zero attached hydrogens (tertiary/aromatic N) is 1. The predicted molar refractivity (Wildman–Crippen MR) is 161 cm³/mol. The average Bonchev–Trinajstić information content (AvgIpc) is 3.31. The number of hydrogen-bond donors (Lipinski definition) is 1. The van der Waals surface area contributed by atoms with Crippen LogP contribution in [0, 0.1) is 0 Å². The van der Waals surface area contributed by atoms with E-state index in [1.807, 2.05) is 87.5 Å². The third-order valence-electron chi connectivity index (χ3n) is 7.45. The fraction of sp³-hybridized carbons (Fsp3) is 0.167. The largest absolute Gasteiger partial charge is 0.349 e. The Labute approximate surface area is 235 Å². The van der Waals surface area contributed by atoms with Gasteiger partial charge in [0, 0.05) is 23.1 Å². The number of carbonyl (C=O) groups excluding carboxylic acids is 1. The molecule has 1 N–H and O–H groups in total. The molecular formula is C36H32N2O2. The van der Waals surface area contributed by atoms with Gasteiger partial charge in [0.2, 0.25) is 5.91 Å². The zero-order valence-corrected chi connectivity index (χ0v) is 23.0. The number of hydrogen-bond acceptors (Lipinski definition) is 2. The van der Waals surface area contributed by atoms with Gasteiger partial charge in [-0.15, -0.1) is 0 Å². The first-order valence-corrected chi connectivity index (χ1v) is 13.7. The highest BCUT2D eigenvalue weighted by Gasteiger charge is 2.39. The molecule has 4 heteroatoms. The normalized spacial score (nSPS) is 14.1. The Morgan fingerprint density at radius 1 is 0.725 bits per heavy atom. The molecule has 40 heavy (non-hydrogen) atoms. The summed E-state index contributed by atoms with van der Waals surface area (Å²) in [7, 11) is 0. The van der Waals surface area contributed by atoms with E-state index in [2.05, 4.69) is 53.8 Å². The van der Waals surface area contributed by atoms with Crippen molar-refractivity contribution in [1.29, 1.82) is 0 Å². The third kappa shape index (κ3) is 4.56. The predicted octanol–water partition coefficient (Wildman–Crippen LogP) is 7.18. The van der Waals surface area contributed by atoms with Crippen LogP contribution in [0.15, 0.2) is 126 Å². The molecule has 0 saturated carbocycles. The molecule has 0 radical (unpaired) electrons. The first-order valence-electron chi connectivity index (χ1n) is 13.7. The number of carbonyl (C=O) groups is 1.